The number of rotatable bonds is 16. The average Bonchev–Trinajstić information content (AvgIpc) is 3.13. The minimum Gasteiger partial charge on any atom is -0.407 e. The second-order valence-electron chi connectivity index (χ2n) is 11.0. The Hall–Kier alpha value is -1.30. The average molecular weight is 1030 g/mol. The number of hydrazone groups is 3. The van der Waals surface area contributed by atoms with Crippen molar-refractivity contribution in [2.75, 3.05) is 21.1 Å². The maximum atomic E-state index is 10.1. The molecule has 4 aromatic carbocycles. The van der Waals surface area contributed by atoms with Gasteiger partial charge in [-0.05, 0) is 199 Å². The van der Waals surface area contributed by atoms with Gasteiger partial charge in [-0.1, -0.05) is 29.8 Å². The maximum absolute atomic E-state index is 10.1. The monoisotopic (exact) mass is 1030 g/mol. The number of halogens is 6. The van der Waals surface area contributed by atoms with Crippen molar-refractivity contribution in [2.45, 2.75) is 6.92 Å². The molecule has 4 rings (SSSR count). The summed E-state index contributed by atoms with van der Waals surface area (Å²) in [5.74, 6) is 1.19. The summed E-state index contributed by atoms with van der Waals surface area (Å²) in [6.07, 6.45) is 5.55. The molecule has 4 aromatic rings. The van der Waals surface area contributed by atoms with Gasteiger partial charge in [0.05, 0.1) is 18.6 Å². The van der Waals surface area contributed by atoms with Crippen LogP contribution in [0.15, 0.2) is 112 Å². The van der Waals surface area contributed by atoms with Gasteiger partial charge >= 0.3 is 6.72 Å². The highest BCUT2D eigenvalue weighted by Crippen LogP contribution is 2.60. The van der Waals surface area contributed by atoms with E-state index in [2.05, 4.69) is 15.3 Å². The molecule has 0 saturated carbocycles. The van der Waals surface area contributed by atoms with E-state index in [-0.39, 0.29) is 0 Å². The van der Waals surface area contributed by atoms with Crippen LogP contribution in [0, 0.1) is 6.92 Å². The normalized spacial score (nSPS) is 13.1. The van der Waals surface area contributed by atoms with Crippen LogP contribution in [0.4, 0.5) is 0 Å². The molecule has 0 heterocycles. The third-order valence-corrected chi connectivity index (χ3v) is 17.0. The SMILES string of the molecule is CN(N=Cc1ccc(OP(=S)(Oc2ccc(C=NN(C)P(=S)(Cl)Cl)cc2)Oc2ccc(C=NN(C)P(=S)(Cl)Cl)cc2)cc1)P(=S)(Cl)Cl.Cc1ccc(C=O)cc1. The van der Waals surface area contributed by atoms with Crippen molar-refractivity contribution in [3.05, 3.63) is 125 Å². The van der Waals surface area contributed by atoms with Gasteiger partial charge in [0, 0.05) is 38.5 Å². The molecule has 0 fully saturated rings. The van der Waals surface area contributed by atoms with Crippen LogP contribution in [0.25, 0.3) is 0 Å². The molecule has 56 heavy (non-hydrogen) atoms. The summed E-state index contributed by atoms with van der Waals surface area (Å²) in [7, 11) is 4.81. The smallest absolute Gasteiger partial charge is 0.407 e. The number of carbonyl (C=O) groups excluding carboxylic acids is 1. The van der Waals surface area contributed by atoms with E-state index in [1.165, 1.54) is 19.9 Å². The molecule has 10 nitrogen and oxygen atoms in total. The first-order chi connectivity index (χ1) is 26.1. The first-order valence-electron chi connectivity index (χ1n) is 15.4. The third kappa shape index (κ3) is 17.9. The summed E-state index contributed by atoms with van der Waals surface area (Å²) in [6, 6.07) is 28.2. The Bertz CT molecular complexity index is 2000. The fourth-order valence-corrected chi connectivity index (χ4v) is 7.19. The van der Waals surface area contributed by atoms with Crippen LogP contribution in [-0.4, -0.2) is 60.4 Å². The molecule has 300 valence electrons. The Morgan fingerprint density at radius 1 is 0.482 bits per heavy atom. The molecule has 0 aliphatic heterocycles. The van der Waals surface area contributed by atoms with E-state index in [1.807, 2.05) is 31.2 Å². The summed E-state index contributed by atoms with van der Waals surface area (Å²) >= 11 is 57.0. The van der Waals surface area contributed by atoms with Gasteiger partial charge in [0.25, 0.3) is 0 Å². The van der Waals surface area contributed by atoms with Gasteiger partial charge in [-0.15, -0.1) is 0 Å². The minimum atomic E-state index is -3.51. The Morgan fingerprint density at radius 2 is 0.732 bits per heavy atom. The molecule has 0 bridgehead atoms. The molecule has 0 atom stereocenters. The molecule has 0 amide bonds. The zero-order valence-corrected chi connectivity index (χ0v) is 40.9. The van der Waals surface area contributed by atoms with Gasteiger partial charge in [0.15, 0.2) is 0 Å². The Kier molecular flexibility index (Phi) is 19.6. The van der Waals surface area contributed by atoms with Crippen LogP contribution >= 0.6 is 88.8 Å². The fourth-order valence-electron chi connectivity index (χ4n) is 3.56. The van der Waals surface area contributed by atoms with Crippen LogP contribution in [0.2, 0.25) is 0 Å². The topological polar surface area (TPSA) is 91.6 Å². The van der Waals surface area contributed by atoms with Gasteiger partial charge in [-0.2, -0.15) is 15.3 Å². The van der Waals surface area contributed by atoms with Gasteiger partial charge < -0.3 is 13.6 Å². The molecule has 24 heteroatoms. The number of nitrogens with zero attached hydrogens (tertiary/aromatic N) is 6. The first-order valence-corrected chi connectivity index (χ1v) is 31.6. The van der Waals surface area contributed by atoms with E-state index in [0.717, 1.165) is 28.5 Å². The Balaban J connectivity index is 0.000000817. The van der Waals surface area contributed by atoms with Crippen molar-refractivity contribution in [3.8, 4) is 17.2 Å². The van der Waals surface area contributed by atoms with E-state index in [9.17, 15) is 4.79 Å². The van der Waals surface area contributed by atoms with Gasteiger partial charge in [0.2, 0.25) is 14.7 Å². The second-order valence-corrected chi connectivity index (χ2v) is 36.8. The summed E-state index contributed by atoms with van der Waals surface area (Å²) in [6.45, 7) is -1.52. The van der Waals surface area contributed by atoms with Crippen molar-refractivity contribution in [3.63, 3.8) is 0 Å². The predicted octanol–water partition coefficient (Wildman–Crippen LogP) is 13.2. The van der Waals surface area contributed by atoms with Crippen molar-refractivity contribution >= 4 is 161 Å². The number of carbonyl (C=O) groups is 1. The molecular formula is C32H32Cl6N6O4P4S4. The highest BCUT2D eigenvalue weighted by Gasteiger charge is 2.27. The van der Waals surface area contributed by atoms with Crippen molar-refractivity contribution in [1.82, 2.24) is 14.3 Å². The number of aldehydes is 1. The summed E-state index contributed by atoms with van der Waals surface area (Å²) in [5.41, 5.74) is 4.12. The summed E-state index contributed by atoms with van der Waals surface area (Å²) < 4.78 is 22.5. The van der Waals surface area contributed by atoms with Crippen molar-refractivity contribution in [1.29, 1.82) is 0 Å². The number of hydrogen-bond acceptors (Lipinski definition) is 11. The largest absolute Gasteiger partial charge is 0.490 e. The molecule has 0 saturated heterocycles. The number of benzene rings is 4. The van der Waals surface area contributed by atoms with Gasteiger partial charge in [-0.3, -0.25) is 4.79 Å². The van der Waals surface area contributed by atoms with E-state index >= 15 is 0 Å². The number of hydrogen-bond donors (Lipinski definition) is 0. The van der Waals surface area contributed by atoms with Gasteiger partial charge in [-0.25, -0.2) is 14.3 Å². The van der Waals surface area contributed by atoms with E-state index < -0.39 is 21.4 Å². The second kappa shape index (κ2) is 22.3. The minimum absolute atomic E-state index is 0.396. The van der Waals surface area contributed by atoms with E-state index in [1.54, 1.807) is 113 Å². The quantitative estimate of drug-likeness (QED) is 0.0465. The Morgan fingerprint density at radius 3 is 0.964 bits per heavy atom. The number of aryl methyl sites for hydroxylation is 1. The van der Waals surface area contributed by atoms with E-state index in [4.69, 9.17) is 128 Å². The lowest BCUT2D eigenvalue weighted by atomic mass is 10.2. The highest BCUT2D eigenvalue weighted by molar-refractivity contribution is 8.38. The third-order valence-electron chi connectivity index (χ3n) is 6.64. The molecule has 0 aliphatic carbocycles. The van der Waals surface area contributed by atoms with Crippen molar-refractivity contribution < 1.29 is 18.4 Å². The molecule has 0 radical (unpaired) electrons. The first kappa shape index (κ1) is 49.1. The standard InChI is InChI=1S/C24H24Cl6N6O3P4S4.C8H8O/c1-34(40(25,26)44)31-16-19-4-10-22(11-5-19)37-43(47,38-23-12-6-20(7-13-23)17-32-35(2)41(27,28)45)39-24-14-8-21(9-15-24)18-33-36(3)42(29,30)46;1-7-2-4-8(6-9)5-3-7/h4-18H,1-3H3;2-6H,1H3. The lowest BCUT2D eigenvalue weighted by molar-refractivity contribution is 0.112. The molecule has 0 spiro atoms. The van der Waals surface area contributed by atoms with E-state index in [0.29, 0.717) is 17.2 Å². The predicted molar refractivity (Wildman–Crippen MR) is 256 cm³/mol. The molecule has 0 aliphatic rings. The summed E-state index contributed by atoms with van der Waals surface area (Å²) in [5, 5.41) is 12.6. The lowest BCUT2D eigenvalue weighted by Gasteiger charge is -2.23. The fraction of sp³-hybridized carbons (Fsp3) is 0.125. The zero-order valence-electron chi connectivity index (χ0n) is 29.6. The van der Waals surface area contributed by atoms with Crippen LogP contribution in [0.5, 0.6) is 17.2 Å². The molecule has 0 N–H and O–H groups in total. The molecule has 0 aromatic heterocycles. The Labute approximate surface area is 375 Å². The molecule has 0 unspecified atom stereocenters. The van der Waals surface area contributed by atoms with Crippen LogP contribution in [-0.2, 0) is 47.2 Å². The van der Waals surface area contributed by atoms with Crippen molar-refractivity contribution in [2.24, 2.45) is 15.3 Å². The zero-order chi connectivity index (χ0) is 41.7. The molecular weight excluding hydrogens is 997 g/mol. The maximum Gasteiger partial charge on any atom is 0.490 e. The summed E-state index contributed by atoms with van der Waals surface area (Å²) in [4.78, 5) is 1.91. The highest BCUT2D eigenvalue weighted by atomic mass is 35.9. The van der Waals surface area contributed by atoms with Crippen LogP contribution in [0.1, 0.15) is 32.6 Å². The van der Waals surface area contributed by atoms with Gasteiger partial charge in [0.1, 0.15) is 23.5 Å². The van der Waals surface area contributed by atoms with Crippen LogP contribution < -0.4 is 13.6 Å². The van der Waals surface area contributed by atoms with Crippen LogP contribution in [0.3, 0.4) is 0 Å². The lowest BCUT2D eigenvalue weighted by Crippen LogP contribution is -2.07.